The van der Waals surface area contributed by atoms with E-state index in [1.807, 2.05) is 12.1 Å². The highest BCUT2D eigenvalue weighted by molar-refractivity contribution is 5.95. The summed E-state index contributed by atoms with van der Waals surface area (Å²) in [6, 6.07) is 7.55. The molecule has 22 heavy (non-hydrogen) atoms. The first kappa shape index (κ1) is 14.1. The van der Waals surface area contributed by atoms with E-state index in [0.717, 1.165) is 5.56 Å². The van der Waals surface area contributed by atoms with E-state index in [0.29, 0.717) is 18.5 Å². The Morgan fingerprint density at radius 3 is 2.86 bits per heavy atom. The van der Waals surface area contributed by atoms with Crippen molar-refractivity contribution in [3.63, 3.8) is 0 Å². The molecule has 1 aliphatic heterocycles. The fourth-order valence-electron chi connectivity index (χ4n) is 2.65. The number of nitrogens with zero attached hydrogens (tertiary/aromatic N) is 2. The van der Waals surface area contributed by atoms with Crippen LogP contribution < -0.4 is 4.74 Å². The molecule has 0 fully saturated rings. The van der Waals surface area contributed by atoms with Crippen LogP contribution in [-0.4, -0.2) is 40.7 Å². The average molecular weight is 302 g/mol. The van der Waals surface area contributed by atoms with Crippen molar-refractivity contribution in [3.05, 3.63) is 47.2 Å². The lowest BCUT2D eigenvalue weighted by atomic mass is 9.92. The minimum atomic E-state index is -1.08. The second kappa shape index (κ2) is 5.51. The van der Waals surface area contributed by atoms with Crippen molar-refractivity contribution in [3.8, 4) is 5.88 Å². The van der Waals surface area contributed by atoms with Gasteiger partial charge in [0, 0.05) is 6.54 Å². The number of carboxylic acids is 1. The molecule has 0 saturated carbocycles. The maximum atomic E-state index is 12.5. The number of fused-ring (bicyclic) bond motifs is 1. The van der Waals surface area contributed by atoms with Crippen molar-refractivity contribution >= 4 is 11.9 Å². The molecule has 1 atom stereocenters. The molecule has 114 valence electrons. The van der Waals surface area contributed by atoms with Crippen molar-refractivity contribution in [1.82, 2.24) is 10.1 Å². The van der Waals surface area contributed by atoms with E-state index >= 15 is 0 Å². The van der Waals surface area contributed by atoms with Crippen molar-refractivity contribution in [2.24, 2.45) is 0 Å². The van der Waals surface area contributed by atoms with Gasteiger partial charge in [-0.25, -0.2) is 4.79 Å². The Labute approximate surface area is 126 Å². The first-order valence-electron chi connectivity index (χ1n) is 6.74. The van der Waals surface area contributed by atoms with Crippen LogP contribution in [0.15, 0.2) is 34.9 Å². The van der Waals surface area contributed by atoms with Gasteiger partial charge in [0.1, 0.15) is 0 Å². The smallest absolute Gasteiger partial charge is 0.331 e. The maximum absolute atomic E-state index is 12.5. The summed E-state index contributed by atoms with van der Waals surface area (Å²) in [5, 5.41) is 13.1. The second-order valence-electron chi connectivity index (χ2n) is 4.92. The highest BCUT2D eigenvalue weighted by Gasteiger charge is 2.37. The Hall–Kier alpha value is -2.83. The minimum absolute atomic E-state index is 0.0394. The predicted molar refractivity (Wildman–Crippen MR) is 74.6 cm³/mol. The fraction of sp³-hybridized carbons (Fsp3) is 0.267. The van der Waals surface area contributed by atoms with Crippen LogP contribution >= 0.6 is 0 Å². The van der Waals surface area contributed by atoms with E-state index in [1.165, 1.54) is 18.1 Å². The number of aromatic nitrogens is 1. The Bertz CT molecular complexity index is 724. The number of rotatable bonds is 3. The number of hydrogen-bond acceptors (Lipinski definition) is 5. The van der Waals surface area contributed by atoms with Gasteiger partial charge in [0.25, 0.3) is 11.8 Å². The number of methoxy groups -OCH3 is 1. The zero-order valence-corrected chi connectivity index (χ0v) is 11.9. The number of amides is 1. The fourth-order valence-corrected chi connectivity index (χ4v) is 2.65. The van der Waals surface area contributed by atoms with Crippen molar-refractivity contribution in [2.45, 2.75) is 12.5 Å². The molecule has 1 aliphatic rings. The van der Waals surface area contributed by atoms with Crippen LogP contribution in [0.4, 0.5) is 0 Å². The molecule has 1 aromatic heterocycles. The van der Waals surface area contributed by atoms with Gasteiger partial charge in [-0.05, 0) is 22.7 Å². The highest BCUT2D eigenvalue weighted by atomic mass is 16.5. The molecule has 7 heteroatoms. The van der Waals surface area contributed by atoms with Gasteiger partial charge in [-0.15, -0.1) is 0 Å². The summed E-state index contributed by atoms with van der Waals surface area (Å²) in [5.41, 5.74) is 1.56. The number of ether oxygens (including phenoxy) is 1. The first-order chi connectivity index (χ1) is 10.6. The lowest BCUT2D eigenvalue weighted by molar-refractivity contribution is -0.143. The number of carboxylic acid groups (broad SMARTS) is 1. The molecular formula is C15H14N2O5. The molecule has 2 heterocycles. The Kier molecular flexibility index (Phi) is 3.54. The monoisotopic (exact) mass is 302 g/mol. The number of carbonyl (C=O) groups excluding carboxylic acids is 1. The highest BCUT2D eigenvalue weighted by Crippen LogP contribution is 2.31. The van der Waals surface area contributed by atoms with Gasteiger partial charge < -0.3 is 19.3 Å². The van der Waals surface area contributed by atoms with Crippen molar-refractivity contribution in [2.75, 3.05) is 13.7 Å². The summed E-state index contributed by atoms with van der Waals surface area (Å²) < 4.78 is 9.80. The molecule has 1 unspecified atom stereocenters. The predicted octanol–water partition coefficient (Wildman–Crippen LogP) is 1.51. The second-order valence-corrected chi connectivity index (χ2v) is 4.92. The van der Waals surface area contributed by atoms with Crippen LogP contribution in [0.1, 0.15) is 27.7 Å². The molecule has 1 amide bonds. The van der Waals surface area contributed by atoms with Gasteiger partial charge in [-0.1, -0.05) is 24.3 Å². The molecule has 2 aromatic rings. The molecule has 1 N–H and O–H groups in total. The van der Waals surface area contributed by atoms with Crippen LogP contribution in [0.3, 0.4) is 0 Å². The van der Waals surface area contributed by atoms with Gasteiger partial charge in [0.2, 0.25) is 5.76 Å². The van der Waals surface area contributed by atoms with Crippen LogP contribution in [-0.2, 0) is 11.2 Å². The van der Waals surface area contributed by atoms with Crippen LogP contribution in [0.5, 0.6) is 5.88 Å². The summed E-state index contributed by atoms with van der Waals surface area (Å²) in [6.07, 6.45) is 0.594. The Morgan fingerprint density at radius 1 is 1.41 bits per heavy atom. The van der Waals surface area contributed by atoms with Crippen molar-refractivity contribution in [1.29, 1.82) is 0 Å². The Morgan fingerprint density at radius 2 is 2.18 bits per heavy atom. The van der Waals surface area contributed by atoms with E-state index in [4.69, 9.17) is 9.26 Å². The van der Waals surface area contributed by atoms with Gasteiger partial charge in [0.15, 0.2) is 6.04 Å². The van der Waals surface area contributed by atoms with E-state index in [2.05, 4.69) is 5.16 Å². The number of hydrogen-bond donors (Lipinski definition) is 1. The molecule has 1 aromatic carbocycles. The quantitative estimate of drug-likeness (QED) is 0.923. The minimum Gasteiger partial charge on any atom is -0.479 e. The van der Waals surface area contributed by atoms with Crippen LogP contribution in [0.2, 0.25) is 0 Å². The third-order valence-corrected chi connectivity index (χ3v) is 3.69. The standard InChI is InChI=1S/C15H14N2O5/c1-21-12-8-11(22-16-12)14(18)17-7-6-9-4-2-3-5-10(9)13(17)15(19)20/h2-5,8,13H,6-7H2,1H3,(H,19,20). The lowest BCUT2D eigenvalue weighted by Gasteiger charge is -2.34. The third-order valence-electron chi connectivity index (χ3n) is 3.69. The van der Waals surface area contributed by atoms with Crippen LogP contribution in [0.25, 0.3) is 0 Å². The number of aliphatic carboxylic acids is 1. The largest absolute Gasteiger partial charge is 0.479 e. The zero-order valence-electron chi connectivity index (χ0n) is 11.9. The average Bonchev–Trinajstić information content (AvgIpc) is 3.02. The summed E-state index contributed by atoms with van der Waals surface area (Å²) in [4.78, 5) is 25.5. The summed E-state index contributed by atoms with van der Waals surface area (Å²) in [7, 11) is 1.41. The Balaban J connectivity index is 1.96. The number of benzene rings is 1. The van der Waals surface area contributed by atoms with Gasteiger partial charge in [0.05, 0.1) is 13.2 Å². The first-order valence-corrected chi connectivity index (χ1v) is 6.74. The molecular weight excluding hydrogens is 288 g/mol. The molecule has 0 bridgehead atoms. The molecule has 0 radical (unpaired) electrons. The molecule has 3 rings (SSSR count). The molecule has 0 saturated heterocycles. The van der Waals surface area contributed by atoms with Crippen molar-refractivity contribution < 1.29 is 24.0 Å². The normalized spacial score (nSPS) is 17.0. The van der Waals surface area contributed by atoms with Gasteiger partial charge >= 0.3 is 5.97 Å². The lowest BCUT2D eigenvalue weighted by Crippen LogP contribution is -2.43. The van der Waals surface area contributed by atoms with E-state index in [1.54, 1.807) is 12.1 Å². The zero-order chi connectivity index (χ0) is 15.7. The maximum Gasteiger partial charge on any atom is 0.331 e. The third kappa shape index (κ3) is 2.30. The summed E-state index contributed by atoms with van der Waals surface area (Å²) in [5.74, 6) is -1.46. The summed E-state index contributed by atoms with van der Waals surface area (Å²) >= 11 is 0. The summed E-state index contributed by atoms with van der Waals surface area (Å²) in [6.45, 7) is 0.301. The van der Waals surface area contributed by atoms with Gasteiger partial charge in [-0.2, -0.15) is 0 Å². The van der Waals surface area contributed by atoms with E-state index < -0.39 is 17.9 Å². The molecule has 0 spiro atoms. The van der Waals surface area contributed by atoms with E-state index in [-0.39, 0.29) is 11.6 Å². The molecule has 7 nitrogen and oxygen atoms in total. The van der Waals surface area contributed by atoms with E-state index in [9.17, 15) is 14.7 Å². The van der Waals surface area contributed by atoms with Gasteiger partial charge in [-0.3, -0.25) is 4.79 Å². The number of carbonyl (C=O) groups is 2. The SMILES string of the molecule is COc1cc(C(=O)N2CCc3ccccc3C2C(=O)O)on1. The van der Waals surface area contributed by atoms with Crippen LogP contribution in [0, 0.1) is 0 Å². The molecule has 0 aliphatic carbocycles. The topological polar surface area (TPSA) is 92.9 Å².